The zero-order valence-electron chi connectivity index (χ0n) is 11.6. The van der Waals surface area contributed by atoms with Gasteiger partial charge in [-0.2, -0.15) is 17.0 Å². The van der Waals surface area contributed by atoms with E-state index in [9.17, 15) is 8.42 Å². The molecule has 108 valence electrons. The summed E-state index contributed by atoms with van der Waals surface area (Å²) < 4.78 is 27.7. The van der Waals surface area contributed by atoms with Crippen LogP contribution in [0.5, 0.6) is 0 Å². The van der Waals surface area contributed by atoms with E-state index >= 15 is 0 Å². The van der Waals surface area contributed by atoms with Gasteiger partial charge in [-0.3, -0.25) is 0 Å². The lowest BCUT2D eigenvalue weighted by molar-refractivity contribution is 0.274. The minimum Gasteiger partial charge on any atom is -0.330 e. The van der Waals surface area contributed by atoms with Crippen LogP contribution in [0.15, 0.2) is 0 Å². The highest BCUT2D eigenvalue weighted by molar-refractivity contribution is 7.86. The van der Waals surface area contributed by atoms with Crippen molar-refractivity contribution in [1.82, 2.24) is 8.61 Å². The molecule has 1 aliphatic rings. The lowest BCUT2D eigenvalue weighted by Gasteiger charge is -2.32. The quantitative estimate of drug-likeness (QED) is 0.741. The first-order chi connectivity index (χ1) is 8.50. The van der Waals surface area contributed by atoms with Crippen LogP contribution < -0.4 is 5.73 Å². The first kappa shape index (κ1) is 15.9. The van der Waals surface area contributed by atoms with E-state index < -0.39 is 10.2 Å². The van der Waals surface area contributed by atoms with Crippen LogP contribution in [0.3, 0.4) is 0 Å². The van der Waals surface area contributed by atoms with Crippen molar-refractivity contribution in [2.45, 2.75) is 51.0 Å². The van der Waals surface area contributed by atoms with Gasteiger partial charge in [0.1, 0.15) is 0 Å². The van der Waals surface area contributed by atoms with E-state index in [1.807, 2.05) is 0 Å². The van der Waals surface area contributed by atoms with Gasteiger partial charge >= 0.3 is 0 Å². The first-order valence-corrected chi connectivity index (χ1v) is 8.29. The van der Waals surface area contributed by atoms with E-state index in [2.05, 4.69) is 0 Å². The van der Waals surface area contributed by atoms with E-state index in [1.165, 1.54) is 17.1 Å². The van der Waals surface area contributed by atoms with Crippen LogP contribution >= 0.6 is 0 Å². The van der Waals surface area contributed by atoms with Crippen LogP contribution in [-0.4, -0.2) is 50.3 Å². The Hall–Kier alpha value is -0.170. The SMILES string of the molecule is CN(C)S(=O)(=O)N(CCCN)C1CCCCCC1. The van der Waals surface area contributed by atoms with Gasteiger partial charge in [0.15, 0.2) is 0 Å². The summed E-state index contributed by atoms with van der Waals surface area (Å²) in [6, 6.07) is 0.159. The Labute approximate surface area is 112 Å². The summed E-state index contributed by atoms with van der Waals surface area (Å²) in [5.41, 5.74) is 5.52. The molecule has 18 heavy (non-hydrogen) atoms. The number of hydrogen-bond donors (Lipinski definition) is 1. The maximum Gasteiger partial charge on any atom is 0.281 e. The van der Waals surface area contributed by atoms with E-state index in [0.29, 0.717) is 13.1 Å². The molecule has 0 bridgehead atoms. The first-order valence-electron chi connectivity index (χ1n) is 6.89. The van der Waals surface area contributed by atoms with Gasteiger partial charge in [0.2, 0.25) is 0 Å². The van der Waals surface area contributed by atoms with E-state index in [0.717, 1.165) is 32.1 Å². The molecule has 0 aromatic carbocycles. The monoisotopic (exact) mass is 277 g/mol. The maximum atomic E-state index is 12.4. The number of nitrogens with two attached hydrogens (primary N) is 1. The zero-order chi connectivity index (χ0) is 13.6. The van der Waals surface area contributed by atoms with Crippen LogP contribution in [0.1, 0.15) is 44.9 Å². The Morgan fingerprint density at radius 1 is 1.11 bits per heavy atom. The molecule has 0 aliphatic heterocycles. The average Bonchev–Trinajstić information content (AvgIpc) is 2.58. The van der Waals surface area contributed by atoms with Gasteiger partial charge in [0, 0.05) is 26.7 Å². The summed E-state index contributed by atoms with van der Waals surface area (Å²) in [6.07, 6.45) is 7.41. The summed E-state index contributed by atoms with van der Waals surface area (Å²) in [7, 11) is -0.119. The second-order valence-electron chi connectivity index (χ2n) is 5.19. The summed E-state index contributed by atoms with van der Waals surface area (Å²) in [5, 5.41) is 0. The Morgan fingerprint density at radius 2 is 1.67 bits per heavy atom. The predicted octanol–water partition coefficient (Wildman–Crippen LogP) is 1.17. The molecule has 0 heterocycles. The van der Waals surface area contributed by atoms with Crippen molar-refractivity contribution in [3.63, 3.8) is 0 Å². The Morgan fingerprint density at radius 3 is 2.11 bits per heavy atom. The van der Waals surface area contributed by atoms with Crippen molar-refractivity contribution in [2.24, 2.45) is 5.73 Å². The number of hydrogen-bond acceptors (Lipinski definition) is 3. The largest absolute Gasteiger partial charge is 0.330 e. The second-order valence-corrected chi connectivity index (χ2v) is 7.28. The highest BCUT2D eigenvalue weighted by Crippen LogP contribution is 2.24. The van der Waals surface area contributed by atoms with Crippen LogP contribution in [0.4, 0.5) is 0 Å². The van der Waals surface area contributed by atoms with Gasteiger partial charge in [0.25, 0.3) is 10.2 Å². The highest BCUT2D eigenvalue weighted by atomic mass is 32.2. The van der Waals surface area contributed by atoms with Crippen molar-refractivity contribution >= 4 is 10.2 Å². The Balaban J connectivity index is 2.82. The molecule has 1 fully saturated rings. The third-order valence-corrected chi connectivity index (χ3v) is 5.57. The van der Waals surface area contributed by atoms with Gasteiger partial charge < -0.3 is 5.73 Å². The molecule has 0 spiro atoms. The predicted molar refractivity (Wildman–Crippen MR) is 74.5 cm³/mol. The van der Waals surface area contributed by atoms with Crippen molar-refractivity contribution in [3.8, 4) is 0 Å². The molecular formula is C12H27N3O2S. The average molecular weight is 277 g/mol. The molecule has 0 unspecified atom stereocenters. The molecular weight excluding hydrogens is 250 g/mol. The fourth-order valence-electron chi connectivity index (χ4n) is 2.49. The van der Waals surface area contributed by atoms with Crippen LogP contribution in [0.25, 0.3) is 0 Å². The van der Waals surface area contributed by atoms with Crippen LogP contribution in [0, 0.1) is 0 Å². The van der Waals surface area contributed by atoms with E-state index in [-0.39, 0.29) is 6.04 Å². The third kappa shape index (κ3) is 4.19. The molecule has 0 saturated heterocycles. The minimum atomic E-state index is -3.32. The lowest BCUT2D eigenvalue weighted by Crippen LogP contribution is -2.46. The molecule has 1 aliphatic carbocycles. The van der Waals surface area contributed by atoms with Gasteiger partial charge in [-0.25, -0.2) is 0 Å². The molecule has 2 N–H and O–H groups in total. The molecule has 6 heteroatoms. The number of nitrogens with zero attached hydrogens (tertiary/aromatic N) is 2. The molecule has 0 amide bonds. The molecule has 0 aromatic rings. The highest BCUT2D eigenvalue weighted by Gasteiger charge is 2.31. The second kappa shape index (κ2) is 7.43. The lowest BCUT2D eigenvalue weighted by atomic mass is 10.1. The van der Waals surface area contributed by atoms with E-state index in [1.54, 1.807) is 18.4 Å². The zero-order valence-corrected chi connectivity index (χ0v) is 12.5. The molecule has 0 radical (unpaired) electrons. The van der Waals surface area contributed by atoms with Crippen LogP contribution in [0.2, 0.25) is 0 Å². The van der Waals surface area contributed by atoms with Crippen molar-refractivity contribution in [1.29, 1.82) is 0 Å². The van der Waals surface area contributed by atoms with Gasteiger partial charge in [-0.05, 0) is 25.8 Å². The minimum absolute atomic E-state index is 0.159. The molecule has 1 saturated carbocycles. The normalized spacial score (nSPS) is 19.4. The third-order valence-electron chi connectivity index (χ3n) is 3.57. The topological polar surface area (TPSA) is 66.6 Å². The van der Waals surface area contributed by atoms with Crippen LogP contribution in [-0.2, 0) is 10.2 Å². The standard InChI is InChI=1S/C12H27N3O2S/c1-14(2)18(16,17)15(11-7-10-13)12-8-5-3-4-6-9-12/h12H,3-11,13H2,1-2H3. The smallest absolute Gasteiger partial charge is 0.281 e. The fourth-order valence-corrected chi connectivity index (χ4v) is 3.86. The summed E-state index contributed by atoms with van der Waals surface area (Å²) >= 11 is 0. The molecule has 0 atom stereocenters. The van der Waals surface area contributed by atoms with Crippen molar-refractivity contribution < 1.29 is 8.42 Å². The van der Waals surface area contributed by atoms with Crippen molar-refractivity contribution in [3.05, 3.63) is 0 Å². The van der Waals surface area contributed by atoms with Gasteiger partial charge in [0.05, 0.1) is 0 Å². The molecule has 1 rings (SSSR count). The molecule has 5 nitrogen and oxygen atoms in total. The van der Waals surface area contributed by atoms with Gasteiger partial charge in [-0.1, -0.05) is 25.7 Å². The summed E-state index contributed by atoms with van der Waals surface area (Å²) in [5.74, 6) is 0. The van der Waals surface area contributed by atoms with Gasteiger partial charge in [-0.15, -0.1) is 0 Å². The Bertz CT molecular complexity index is 322. The molecule has 0 aromatic heterocycles. The Kier molecular flexibility index (Phi) is 6.55. The fraction of sp³-hybridized carbons (Fsp3) is 1.00. The maximum absolute atomic E-state index is 12.4. The summed E-state index contributed by atoms with van der Waals surface area (Å²) in [4.78, 5) is 0. The summed E-state index contributed by atoms with van der Waals surface area (Å²) in [6.45, 7) is 1.08. The number of rotatable bonds is 6. The van der Waals surface area contributed by atoms with Crippen molar-refractivity contribution in [2.75, 3.05) is 27.2 Å². The van der Waals surface area contributed by atoms with E-state index in [4.69, 9.17) is 5.73 Å².